The van der Waals surface area contributed by atoms with Crippen LogP contribution in [-0.2, 0) is 4.79 Å². The number of aldehydes is 1. The van der Waals surface area contributed by atoms with Gasteiger partial charge in [0, 0.05) is 26.5 Å². The number of nitrogens with zero attached hydrogens (tertiary/aromatic N) is 3. The Hall–Kier alpha value is -1.71. The third-order valence-electron chi connectivity index (χ3n) is 1.39. The Kier molecular flexibility index (Phi) is 3.14. The van der Waals surface area contributed by atoms with Gasteiger partial charge in [0.15, 0.2) is 6.29 Å². The molecule has 0 bridgehead atoms. The van der Waals surface area contributed by atoms with Gasteiger partial charge in [0.05, 0.1) is 11.3 Å². The van der Waals surface area contributed by atoms with Crippen LogP contribution in [0.1, 0.15) is 5.69 Å². The van der Waals surface area contributed by atoms with Crippen molar-refractivity contribution in [3.05, 3.63) is 30.2 Å². The Labute approximate surface area is 76.9 Å². The van der Waals surface area contributed by atoms with Crippen molar-refractivity contribution >= 4 is 11.9 Å². The van der Waals surface area contributed by atoms with E-state index in [4.69, 9.17) is 0 Å². The molecule has 68 valence electrons. The molecule has 1 rings (SSSR count). The normalized spacial score (nSPS) is 11.1. The highest BCUT2D eigenvalue weighted by atomic mass is 16.1. The summed E-state index contributed by atoms with van der Waals surface area (Å²) in [5.74, 6) is 0. The molecule has 0 aliphatic rings. The van der Waals surface area contributed by atoms with E-state index in [1.807, 2.05) is 14.1 Å². The Morgan fingerprint density at radius 1 is 1.54 bits per heavy atom. The monoisotopic (exact) mass is 177 g/mol. The van der Waals surface area contributed by atoms with Crippen molar-refractivity contribution in [1.29, 1.82) is 0 Å². The number of hydrogen-bond acceptors (Lipinski definition) is 4. The molecule has 0 aliphatic carbocycles. The minimum absolute atomic E-state index is 0.526. The van der Waals surface area contributed by atoms with E-state index < -0.39 is 0 Å². The first-order valence-electron chi connectivity index (χ1n) is 3.85. The number of aromatic nitrogens is 2. The lowest BCUT2D eigenvalue weighted by Crippen LogP contribution is -2.04. The van der Waals surface area contributed by atoms with Crippen LogP contribution in [0.15, 0.2) is 24.5 Å². The third kappa shape index (κ3) is 2.66. The summed E-state index contributed by atoms with van der Waals surface area (Å²) in [4.78, 5) is 12.5. The van der Waals surface area contributed by atoms with Crippen LogP contribution >= 0.6 is 0 Å². The molecule has 13 heavy (non-hydrogen) atoms. The van der Waals surface area contributed by atoms with Gasteiger partial charge >= 0.3 is 0 Å². The van der Waals surface area contributed by atoms with Gasteiger partial charge in [-0.25, -0.2) is 0 Å². The van der Waals surface area contributed by atoms with Gasteiger partial charge in [0.2, 0.25) is 0 Å². The number of hydrogen-bond donors (Lipinski definition) is 0. The van der Waals surface area contributed by atoms with Crippen LogP contribution in [0.5, 0.6) is 0 Å². The van der Waals surface area contributed by atoms with E-state index in [0.29, 0.717) is 11.3 Å². The molecule has 0 atom stereocenters. The summed E-state index contributed by atoms with van der Waals surface area (Å²) in [5, 5.41) is 7.52. The van der Waals surface area contributed by atoms with Gasteiger partial charge in [0.1, 0.15) is 0 Å². The van der Waals surface area contributed by atoms with Gasteiger partial charge in [-0.2, -0.15) is 10.2 Å². The topological polar surface area (TPSA) is 46.1 Å². The molecule has 0 fully saturated rings. The Balaban J connectivity index is 2.98. The van der Waals surface area contributed by atoms with Gasteiger partial charge in [-0.1, -0.05) is 0 Å². The highest BCUT2D eigenvalue weighted by molar-refractivity contribution is 6.05. The van der Waals surface area contributed by atoms with Crippen LogP contribution in [0, 0.1) is 0 Å². The van der Waals surface area contributed by atoms with Gasteiger partial charge in [-0.3, -0.25) is 4.79 Å². The molecule has 0 radical (unpaired) electrons. The van der Waals surface area contributed by atoms with E-state index in [-0.39, 0.29) is 0 Å². The van der Waals surface area contributed by atoms with Crippen LogP contribution in [0.3, 0.4) is 0 Å². The summed E-state index contributed by atoms with van der Waals surface area (Å²) in [6.07, 6.45) is 4.04. The number of carbonyl (C=O) groups excluding carboxylic acids is 1. The zero-order valence-corrected chi connectivity index (χ0v) is 7.64. The third-order valence-corrected chi connectivity index (χ3v) is 1.39. The maximum atomic E-state index is 10.7. The molecule has 0 unspecified atom stereocenters. The first kappa shape index (κ1) is 9.38. The molecule has 0 saturated carbocycles. The highest BCUT2D eigenvalue weighted by Gasteiger charge is 2.01. The first-order valence-corrected chi connectivity index (χ1v) is 3.85. The van der Waals surface area contributed by atoms with Gasteiger partial charge in [-0.05, 0) is 12.1 Å². The highest BCUT2D eigenvalue weighted by Crippen LogP contribution is 2.06. The molecule has 0 aromatic carbocycles. The largest absolute Gasteiger partial charge is 0.383 e. The summed E-state index contributed by atoms with van der Waals surface area (Å²) in [7, 11) is 3.69. The summed E-state index contributed by atoms with van der Waals surface area (Å²) < 4.78 is 0. The Morgan fingerprint density at radius 2 is 2.31 bits per heavy atom. The van der Waals surface area contributed by atoms with E-state index in [0.717, 1.165) is 6.29 Å². The summed E-state index contributed by atoms with van der Waals surface area (Å²) in [5.41, 5.74) is 1.12. The molecule has 4 nitrogen and oxygen atoms in total. The standard InChI is InChI=1S/C9H11N3O/c1-12(2)6-8(7-13)9-4-3-5-10-11-9/h3-7H,1-2H3. The van der Waals surface area contributed by atoms with Crippen LogP contribution in [0.25, 0.3) is 5.57 Å². The van der Waals surface area contributed by atoms with E-state index >= 15 is 0 Å². The molecule has 4 heteroatoms. The molecule has 0 aliphatic heterocycles. The summed E-state index contributed by atoms with van der Waals surface area (Å²) in [6.45, 7) is 0. The summed E-state index contributed by atoms with van der Waals surface area (Å²) in [6, 6.07) is 3.49. The predicted molar refractivity (Wildman–Crippen MR) is 49.8 cm³/mol. The zero-order valence-electron chi connectivity index (χ0n) is 7.64. The fourth-order valence-corrected chi connectivity index (χ4v) is 0.891. The molecule has 1 aromatic heterocycles. The fraction of sp³-hybridized carbons (Fsp3) is 0.222. The first-order chi connectivity index (χ1) is 6.24. The van der Waals surface area contributed by atoms with E-state index in [2.05, 4.69) is 10.2 Å². The smallest absolute Gasteiger partial charge is 0.153 e. The van der Waals surface area contributed by atoms with Crippen LogP contribution in [-0.4, -0.2) is 35.5 Å². The lowest BCUT2D eigenvalue weighted by atomic mass is 10.2. The van der Waals surface area contributed by atoms with Crippen molar-refractivity contribution in [2.75, 3.05) is 14.1 Å². The van der Waals surface area contributed by atoms with Gasteiger partial charge in [0.25, 0.3) is 0 Å². The quantitative estimate of drug-likeness (QED) is 0.500. The van der Waals surface area contributed by atoms with Crippen molar-refractivity contribution in [2.45, 2.75) is 0 Å². The molecule has 1 heterocycles. The fourth-order valence-electron chi connectivity index (χ4n) is 0.891. The zero-order chi connectivity index (χ0) is 9.68. The van der Waals surface area contributed by atoms with Crippen LogP contribution in [0.4, 0.5) is 0 Å². The molecule has 0 N–H and O–H groups in total. The van der Waals surface area contributed by atoms with Gasteiger partial charge in [-0.15, -0.1) is 0 Å². The lowest BCUT2D eigenvalue weighted by Gasteiger charge is -2.05. The minimum atomic E-state index is 0.526. The molecule has 0 saturated heterocycles. The maximum Gasteiger partial charge on any atom is 0.153 e. The second-order valence-corrected chi connectivity index (χ2v) is 2.77. The second-order valence-electron chi connectivity index (χ2n) is 2.77. The van der Waals surface area contributed by atoms with Crippen LogP contribution in [0.2, 0.25) is 0 Å². The average molecular weight is 177 g/mol. The molecule has 0 amide bonds. The van der Waals surface area contributed by atoms with Crippen molar-refractivity contribution in [1.82, 2.24) is 15.1 Å². The maximum absolute atomic E-state index is 10.7. The number of allylic oxidation sites excluding steroid dienone is 1. The van der Waals surface area contributed by atoms with Gasteiger partial charge < -0.3 is 4.90 Å². The molecule has 0 spiro atoms. The molecular formula is C9H11N3O. The predicted octanol–water partition coefficient (Wildman–Crippen LogP) is 0.578. The number of carbonyl (C=O) groups is 1. The van der Waals surface area contributed by atoms with E-state index in [9.17, 15) is 4.79 Å². The van der Waals surface area contributed by atoms with E-state index in [1.54, 1.807) is 29.4 Å². The van der Waals surface area contributed by atoms with Crippen molar-refractivity contribution < 1.29 is 4.79 Å². The van der Waals surface area contributed by atoms with Crippen molar-refractivity contribution in [3.63, 3.8) is 0 Å². The molecule has 1 aromatic rings. The molecular weight excluding hydrogens is 166 g/mol. The minimum Gasteiger partial charge on any atom is -0.383 e. The SMILES string of the molecule is CN(C)C=C(C=O)c1cccnn1. The van der Waals surface area contributed by atoms with E-state index in [1.165, 1.54) is 0 Å². The number of rotatable bonds is 3. The Bertz CT molecular complexity index is 306. The Morgan fingerprint density at radius 3 is 2.77 bits per heavy atom. The van der Waals surface area contributed by atoms with Crippen LogP contribution < -0.4 is 0 Å². The second kappa shape index (κ2) is 4.35. The van der Waals surface area contributed by atoms with Crippen molar-refractivity contribution in [3.8, 4) is 0 Å². The average Bonchev–Trinajstić information content (AvgIpc) is 2.15. The summed E-state index contributed by atoms with van der Waals surface area (Å²) >= 11 is 0. The van der Waals surface area contributed by atoms with Crippen molar-refractivity contribution in [2.24, 2.45) is 0 Å². The lowest BCUT2D eigenvalue weighted by molar-refractivity contribution is -0.103.